The lowest BCUT2D eigenvalue weighted by molar-refractivity contribution is -0.121. The first-order valence-electron chi connectivity index (χ1n) is 4.19. The van der Waals surface area contributed by atoms with Crippen LogP contribution in [0.1, 0.15) is 12.8 Å². The molecule has 1 rings (SSSR count). The number of carbonyl (C=O) groups excluding carboxylic acids is 1. The fourth-order valence-corrected chi connectivity index (χ4v) is 1.83. The molecule has 74 valence electrons. The standard InChI is InChI=1S/C8H14N2O2S/c1-12-8(7(9)13)2-4-10(6-11)5-3-8/h6H,2-5H2,1H3,(H2,9,13). The van der Waals surface area contributed by atoms with Crippen LogP contribution in [0.25, 0.3) is 0 Å². The fraction of sp³-hybridized carbons (Fsp3) is 0.750. The Morgan fingerprint density at radius 1 is 1.62 bits per heavy atom. The van der Waals surface area contributed by atoms with Gasteiger partial charge in [-0.15, -0.1) is 0 Å². The van der Waals surface area contributed by atoms with Crippen LogP contribution in [0.15, 0.2) is 0 Å². The number of piperidine rings is 1. The van der Waals surface area contributed by atoms with E-state index in [9.17, 15) is 4.79 Å². The summed E-state index contributed by atoms with van der Waals surface area (Å²) in [4.78, 5) is 12.5. The van der Waals surface area contributed by atoms with Crippen LogP contribution >= 0.6 is 12.2 Å². The third kappa shape index (κ3) is 1.97. The lowest BCUT2D eigenvalue weighted by Gasteiger charge is -2.38. The van der Waals surface area contributed by atoms with Gasteiger partial charge >= 0.3 is 0 Å². The maximum Gasteiger partial charge on any atom is 0.209 e. The van der Waals surface area contributed by atoms with Gasteiger partial charge < -0.3 is 15.4 Å². The van der Waals surface area contributed by atoms with Gasteiger partial charge in [0.2, 0.25) is 6.41 Å². The first-order chi connectivity index (χ1) is 6.14. The van der Waals surface area contributed by atoms with E-state index < -0.39 is 5.60 Å². The molecule has 1 heterocycles. The molecule has 1 fully saturated rings. The average Bonchev–Trinajstić information content (AvgIpc) is 2.17. The second-order valence-electron chi connectivity index (χ2n) is 3.20. The SMILES string of the molecule is COC1(C(N)=S)CCN(C=O)CC1. The van der Waals surface area contributed by atoms with Crippen molar-refractivity contribution in [1.82, 2.24) is 4.90 Å². The molecule has 0 bridgehead atoms. The molecule has 0 aromatic carbocycles. The number of rotatable bonds is 3. The molecule has 1 amide bonds. The molecular formula is C8H14N2O2S. The molecule has 2 N–H and O–H groups in total. The smallest absolute Gasteiger partial charge is 0.209 e. The van der Waals surface area contributed by atoms with E-state index in [0.717, 1.165) is 6.41 Å². The van der Waals surface area contributed by atoms with Crippen molar-refractivity contribution in [3.05, 3.63) is 0 Å². The number of methoxy groups -OCH3 is 1. The Bertz CT molecular complexity index is 212. The van der Waals surface area contributed by atoms with Gasteiger partial charge in [0, 0.05) is 33.0 Å². The number of amides is 1. The zero-order valence-corrected chi connectivity index (χ0v) is 8.47. The van der Waals surface area contributed by atoms with Crippen molar-refractivity contribution >= 4 is 23.6 Å². The van der Waals surface area contributed by atoms with Crippen molar-refractivity contribution in [2.45, 2.75) is 18.4 Å². The van der Waals surface area contributed by atoms with E-state index in [1.807, 2.05) is 0 Å². The maximum atomic E-state index is 10.5. The van der Waals surface area contributed by atoms with Crippen LogP contribution < -0.4 is 5.73 Å². The van der Waals surface area contributed by atoms with Crippen molar-refractivity contribution in [2.24, 2.45) is 5.73 Å². The Hall–Kier alpha value is -0.680. The normalized spacial score (nSPS) is 21.2. The van der Waals surface area contributed by atoms with Gasteiger partial charge in [0.25, 0.3) is 0 Å². The molecule has 0 aliphatic carbocycles. The van der Waals surface area contributed by atoms with Crippen LogP contribution in [0.3, 0.4) is 0 Å². The van der Waals surface area contributed by atoms with E-state index in [-0.39, 0.29) is 0 Å². The molecule has 4 nitrogen and oxygen atoms in total. The highest BCUT2D eigenvalue weighted by atomic mass is 32.1. The van der Waals surface area contributed by atoms with Crippen molar-refractivity contribution < 1.29 is 9.53 Å². The summed E-state index contributed by atoms with van der Waals surface area (Å²) in [6.45, 7) is 1.32. The van der Waals surface area contributed by atoms with E-state index in [0.29, 0.717) is 30.9 Å². The van der Waals surface area contributed by atoms with Crippen LogP contribution in [-0.4, -0.2) is 42.1 Å². The molecule has 0 aromatic heterocycles. The first kappa shape index (κ1) is 10.4. The molecular weight excluding hydrogens is 188 g/mol. The van der Waals surface area contributed by atoms with Gasteiger partial charge in [-0.3, -0.25) is 4.79 Å². The molecule has 1 aliphatic heterocycles. The number of nitrogens with two attached hydrogens (primary N) is 1. The van der Waals surface area contributed by atoms with E-state index in [2.05, 4.69) is 0 Å². The Morgan fingerprint density at radius 2 is 2.15 bits per heavy atom. The summed E-state index contributed by atoms with van der Waals surface area (Å²) in [5.74, 6) is 0. The summed E-state index contributed by atoms with van der Waals surface area (Å²) in [5, 5.41) is 0. The quantitative estimate of drug-likeness (QED) is 0.513. The topological polar surface area (TPSA) is 55.6 Å². The molecule has 1 aliphatic rings. The summed E-state index contributed by atoms with van der Waals surface area (Å²) in [6.07, 6.45) is 2.23. The minimum atomic E-state index is -0.491. The molecule has 0 unspecified atom stereocenters. The number of thiocarbonyl (C=S) groups is 1. The van der Waals surface area contributed by atoms with Gasteiger partial charge in [0.15, 0.2) is 0 Å². The van der Waals surface area contributed by atoms with Gasteiger partial charge in [0.05, 0.1) is 0 Å². The highest BCUT2D eigenvalue weighted by Gasteiger charge is 2.36. The summed E-state index contributed by atoms with van der Waals surface area (Å²) in [7, 11) is 1.61. The number of ether oxygens (including phenoxy) is 1. The van der Waals surface area contributed by atoms with Crippen molar-refractivity contribution in [3.8, 4) is 0 Å². The lowest BCUT2D eigenvalue weighted by Crippen LogP contribution is -2.52. The molecule has 5 heteroatoms. The van der Waals surface area contributed by atoms with Gasteiger partial charge in [-0.1, -0.05) is 12.2 Å². The third-order valence-corrected chi connectivity index (χ3v) is 2.97. The largest absolute Gasteiger partial charge is 0.391 e. The van der Waals surface area contributed by atoms with Gasteiger partial charge in [0.1, 0.15) is 10.6 Å². The van der Waals surface area contributed by atoms with Crippen LogP contribution in [0.4, 0.5) is 0 Å². The molecule has 0 aromatic rings. The average molecular weight is 202 g/mol. The first-order valence-corrected chi connectivity index (χ1v) is 4.60. The number of hydrogen-bond donors (Lipinski definition) is 1. The Morgan fingerprint density at radius 3 is 2.46 bits per heavy atom. The second-order valence-corrected chi connectivity index (χ2v) is 3.64. The van der Waals surface area contributed by atoms with E-state index in [1.165, 1.54) is 0 Å². The molecule has 0 radical (unpaired) electrons. The Kier molecular flexibility index (Phi) is 3.22. The fourth-order valence-electron chi connectivity index (χ4n) is 1.54. The van der Waals surface area contributed by atoms with E-state index >= 15 is 0 Å². The zero-order chi connectivity index (χ0) is 9.90. The summed E-state index contributed by atoms with van der Waals surface area (Å²) >= 11 is 4.95. The monoisotopic (exact) mass is 202 g/mol. The molecule has 13 heavy (non-hydrogen) atoms. The number of nitrogens with zero attached hydrogens (tertiary/aromatic N) is 1. The van der Waals surface area contributed by atoms with Gasteiger partial charge in [-0.2, -0.15) is 0 Å². The highest BCUT2D eigenvalue weighted by Crippen LogP contribution is 2.25. The van der Waals surface area contributed by atoms with Crippen LogP contribution in [0.2, 0.25) is 0 Å². The second kappa shape index (κ2) is 4.02. The van der Waals surface area contributed by atoms with Crippen molar-refractivity contribution in [2.75, 3.05) is 20.2 Å². The maximum absolute atomic E-state index is 10.5. The third-order valence-electron chi connectivity index (χ3n) is 2.59. The lowest BCUT2D eigenvalue weighted by atomic mass is 9.91. The van der Waals surface area contributed by atoms with E-state index in [4.69, 9.17) is 22.7 Å². The minimum absolute atomic E-state index is 0.389. The van der Waals surface area contributed by atoms with Crippen LogP contribution in [-0.2, 0) is 9.53 Å². The van der Waals surface area contributed by atoms with E-state index in [1.54, 1.807) is 12.0 Å². The predicted molar refractivity (Wildman–Crippen MR) is 53.4 cm³/mol. The minimum Gasteiger partial charge on any atom is -0.391 e. The Labute approximate surface area is 83.0 Å². The van der Waals surface area contributed by atoms with Gasteiger partial charge in [-0.05, 0) is 0 Å². The van der Waals surface area contributed by atoms with Crippen molar-refractivity contribution in [1.29, 1.82) is 0 Å². The summed E-state index contributed by atoms with van der Waals surface area (Å²) in [6, 6.07) is 0. The number of carbonyl (C=O) groups is 1. The van der Waals surface area contributed by atoms with Gasteiger partial charge in [-0.25, -0.2) is 0 Å². The zero-order valence-electron chi connectivity index (χ0n) is 7.66. The summed E-state index contributed by atoms with van der Waals surface area (Å²) < 4.78 is 5.32. The van der Waals surface area contributed by atoms with Crippen LogP contribution in [0.5, 0.6) is 0 Å². The Balaban J connectivity index is 2.63. The van der Waals surface area contributed by atoms with Crippen LogP contribution in [0, 0.1) is 0 Å². The summed E-state index contributed by atoms with van der Waals surface area (Å²) in [5.41, 5.74) is 5.11. The molecule has 0 spiro atoms. The molecule has 0 atom stereocenters. The molecule has 1 saturated heterocycles. The highest BCUT2D eigenvalue weighted by molar-refractivity contribution is 7.80. The molecule has 0 saturated carbocycles. The number of hydrogen-bond acceptors (Lipinski definition) is 3. The van der Waals surface area contributed by atoms with Crippen molar-refractivity contribution in [3.63, 3.8) is 0 Å². The predicted octanol–water partition coefficient (Wildman–Crippen LogP) is -0.0901. The number of likely N-dealkylation sites (tertiary alicyclic amines) is 1.